The molecule has 2 atom stereocenters. The lowest BCUT2D eigenvalue weighted by Gasteiger charge is -2.16. The van der Waals surface area contributed by atoms with Crippen LogP contribution in [0.25, 0.3) is 0 Å². The van der Waals surface area contributed by atoms with Gasteiger partial charge in [-0.3, -0.25) is 4.98 Å². The molecule has 6 nitrogen and oxygen atoms in total. The first-order valence-electron chi connectivity index (χ1n) is 8.55. The van der Waals surface area contributed by atoms with Gasteiger partial charge in [0.2, 0.25) is 0 Å². The summed E-state index contributed by atoms with van der Waals surface area (Å²) in [5.41, 5.74) is 1.91. The van der Waals surface area contributed by atoms with Crippen molar-refractivity contribution in [1.82, 2.24) is 15.6 Å². The van der Waals surface area contributed by atoms with Crippen molar-refractivity contribution < 1.29 is 14.6 Å². The zero-order valence-electron chi connectivity index (χ0n) is 14.9. The zero-order chi connectivity index (χ0) is 17.5. The number of nitrogens with one attached hydrogen (secondary N) is 2. The highest BCUT2D eigenvalue weighted by Gasteiger charge is 2.24. The van der Waals surface area contributed by atoms with Gasteiger partial charge in [0, 0.05) is 43.9 Å². The SMILES string of the molecule is COc1ccc(OCc2ccccn2)c(CNCC2CNCC2O)c1.Cl. The summed E-state index contributed by atoms with van der Waals surface area (Å²) in [7, 11) is 1.65. The lowest BCUT2D eigenvalue weighted by molar-refractivity contribution is 0.146. The van der Waals surface area contributed by atoms with Crippen molar-refractivity contribution in [2.24, 2.45) is 5.92 Å². The van der Waals surface area contributed by atoms with Crippen LogP contribution in [0.4, 0.5) is 0 Å². The van der Waals surface area contributed by atoms with E-state index in [9.17, 15) is 5.11 Å². The van der Waals surface area contributed by atoms with Gasteiger partial charge in [-0.2, -0.15) is 0 Å². The number of β-amino-alcohol motifs (C(OH)–C–C–N with tert-alkyl or cyclic N) is 1. The molecule has 0 spiro atoms. The van der Waals surface area contributed by atoms with E-state index >= 15 is 0 Å². The molecular formula is C19H26ClN3O3. The van der Waals surface area contributed by atoms with E-state index in [1.54, 1.807) is 13.3 Å². The molecule has 1 aromatic heterocycles. The molecule has 1 fully saturated rings. The van der Waals surface area contributed by atoms with Gasteiger partial charge in [-0.25, -0.2) is 0 Å². The van der Waals surface area contributed by atoms with Crippen molar-refractivity contribution in [2.45, 2.75) is 19.3 Å². The van der Waals surface area contributed by atoms with E-state index in [0.29, 0.717) is 19.7 Å². The average molecular weight is 380 g/mol. The Hall–Kier alpha value is -1.86. The van der Waals surface area contributed by atoms with Crippen LogP contribution in [0.15, 0.2) is 42.6 Å². The predicted molar refractivity (Wildman–Crippen MR) is 103 cm³/mol. The minimum absolute atomic E-state index is 0. The first-order valence-corrected chi connectivity index (χ1v) is 8.55. The van der Waals surface area contributed by atoms with Gasteiger partial charge in [0.1, 0.15) is 18.1 Å². The standard InChI is InChI=1S/C19H25N3O3.ClH/c1-24-17-5-6-19(25-13-16-4-2-3-7-22-16)14(8-17)9-20-10-15-11-21-12-18(15)23;/h2-8,15,18,20-21,23H,9-13H2,1H3;1H. The Morgan fingerprint density at radius 1 is 1.27 bits per heavy atom. The molecule has 3 N–H and O–H groups in total. The Morgan fingerprint density at radius 3 is 2.85 bits per heavy atom. The number of halogens is 1. The molecule has 3 rings (SSSR count). The monoisotopic (exact) mass is 379 g/mol. The summed E-state index contributed by atoms with van der Waals surface area (Å²) in [5.74, 6) is 1.84. The number of pyridine rings is 1. The van der Waals surface area contributed by atoms with E-state index < -0.39 is 0 Å². The number of aliphatic hydroxyl groups excluding tert-OH is 1. The first-order chi connectivity index (χ1) is 12.3. The maximum atomic E-state index is 9.88. The van der Waals surface area contributed by atoms with Gasteiger partial charge in [0.05, 0.1) is 18.9 Å². The van der Waals surface area contributed by atoms with Gasteiger partial charge in [-0.1, -0.05) is 6.07 Å². The number of aromatic nitrogens is 1. The summed E-state index contributed by atoms with van der Waals surface area (Å²) in [4.78, 5) is 4.28. The maximum Gasteiger partial charge on any atom is 0.130 e. The van der Waals surface area contributed by atoms with Crippen molar-refractivity contribution in [3.8, 4) is 11.5 Å². The molecule has 0 bridgehead atoms. The number of hydrogen-bond donors (Lipinski definition) is 3. The van der Waals surface area contributed by atoms with Crippen molar-refractivity contribution in [3.05, 3.63) is 53.9 Å². The third-order valence-corrected chi connectivity index (χ3v) is 4.40. The number of benzene rings is 1. The van der Waals surface area contributed by atoms with Gasteiger partial charge in [0.15, 0.2) is 0 Å². The minimum atomic E-state index is -0.280. The van der Waals surface area contributed by atoms with Crippen LogP contribution in [0.1, 0.15) is 11.3 Å². The lowest BCUT2D eigenvalue weighted by atomic mass is 10.1. The van der Waals surface area contributed by atoms with E-state index in [-0.39, 0.29) is 24.4 Å². The molecule has 1 aromatic carbocycles. The molecule has 1 aliphatic rings. The molecule has 142 valence electrons. The van der Waals surface area contributed by atoms with Crippen molar-refractivity contribution in [2.75, 3.05) is 26.7 Å². The van der Waals surface area contributed by atoms with Crippen LogP contribution in [0.5, 0.6) is 11.5 Å². The fourth-order valence-corrected chi connectivity index (χ4v) is 2.92. The van der Waals surface area contributed by atoms with Crippen LogP contribution < -0.4 is 20.1 Å². The van der Waals surface area contributed by atoms with E-state index in [2.05, 4.69) is 15.6 Å². The Labute approximate surface area is 160 Å². The zero-order valence-corrected chi connectivity index (χ0v) is 15.7. The Morgan fingerprint density at radius 2 is 2.15 bits per heavy atom. The predicted octanol–water partition coefficient (Wildman–Crippen LogP) is 1.76. The van der Waals surface area contributed by atoms with Gasteiger partial charge in [-0.05, 0) is 30.3 Å². The molecule has 2 aromatic rings. The number of rotatable bonds is 8. The largest absolute Gasteiger partial charge is 0.497 e. The van der Waals surface area contributed by atoms with Crippen molar-refractivity contribution in [3.63, 3.8) is 0 Å². The average Bonchev–Trinajstić information content (AvgIpc) is 3.06. The molecule has 26 heavy (non-hydrogen) atoms. The van der Waals surface area contributed by atoms with E-state index in [1.807, 2.05) is 36.4 Å². The maximum absolute atomic E-state index is 9.88. The highest BCUT2D eigenvalue weighted by atomic mass is 35.5. The second kappa shape index (κ2) is 10.3. The Balaban J connectivity index is 0.00000243. The molecule has 1 saturated heterocycles. The normalized spacial score (nSPS) is 19.0. The molecule has 0 aliphatic carbocycles. The molecule has 1 aliphatic heterocycles. The van der Waals surface area contributed by atoms with E-state index in [4.69, 9.17) is 9.47 Å². The summed E-state index contributed by atoms with van der Waals surface area (Å²) in [6.45, 7) is 3.34. The molecule has 2 unspecified atom stereocenters. The summed E-state index contributed by atoms with van der Waals surface area (Å²) in [6.07, 6.45) is 1.48. The summed E-state index contributed by atoms with van der Waals surface area (Å²) >= 11 is 0. The van der Waals surface area contributed by atoms with Crippen LogP contribution in [-0.4, -0.2) is 42.9 Å². The Bertz CT molecular complexity index is 672. The van der Waals surface area contributed by atoms with Crippen LogP contribution >= 0.6 is 12.4 Å². The number of aliphatic hydroxyl groups is 1. The van der Waals surface area contributed by atoms with E-state index in [0.717, 1.165) is 35.8 Å². The van der Waals surface area contributed by atoms with Gasteiger partial charge in [0.25, 0.3) is 0 Å². The van der Waals surface area contributed by atoms with Crippen LogP contribution in [-0.2, 0) is 13.2 Å². The number of hydrogen-bond acceptors (Lipinski definition) is 6. The third kappa shape index (κ3) is 5.57. The van der Waals surface area contributed by atoms with Crippen molar-refractivity contribution in [1.29, 1.82) is 0 Å². The highest BCUT2D eigenvalue weighted by molar-refractivity contribution is 5.85. The molecule has 7 heteroatoms. The summed E-state index contributed by atoms with van der Waals surface area (Å²) < 4.78 is 11.3. The van der Waals surface area contributed by atoms with Crippen LogP contribution in [0.3, 0.4) is 0 Å². The Kier molecular flexibility index (Phi) is 8.12. The van der Waals surface area contributed by atoms with Gasteiger partial charge < -0.3 is 25.2 Å². The minimum Gasteiger partial charge on any atom is -0.497 e. The third-order valence-electron chi connectivity index (χ3n) is 4.40. The molecular weight excluding hydrogens is 354 g/mol. The van der Waals surface area contributed by atoms with Crippen LogP contribution in [0.2, 0.25) is 0 Å². The summed E-state index contributed by atoms with van der Waals surface area (Å²) in [6, 6.07) is 11.6. The van der Waals surface area contributed by atoms with E-state index in [1.165, 1.54) is 0 Å². The topological polar surface area (TPSA) is 75.6 Å². The second-order valence-electron chi connectivity index (χ2n) is 6.20. The second-order valence-corrected chi connectivity index (χ2v) is 6.20. The quantitative estimate of drug-likeness (QED) is 0.649. The fourth-order valence-electron chi connectivity index (χ4n) is 2.92. The van der Waals surface area contributed by atoms with Gasteiger partial charge in [-0.15, -0.1) is 12.4 Å². The number of nitrogens with zero attached hydrogens (tertiary/aromatic N) is 1. The first kappa shape index (κ1) is 20.5. The van der Waals surface area contributed by atoms with Gasteiger partial charge >= 0.3 is 0 Å². The molecule has 2 heterocycles. The molecule has 0 saturated carbocycles. The smallest absolute Gasteiger partial charge is 0.130 e. The summed E-state index contributed by atoms with van der Waals surface area (Å²) in [5, 5.41) is 16.5. The molecule has 0 radical (unpaired) electrons. The molecule has 0 amide bonds. The number of methoxy groups -OCH3 is 1. The lowest BCUT2D eigenvalue weighted by Crippen LogP contribution is -2.30. The highest BCUT2D eigenvalue weighted by Crippen LogP contribution is 2.25. The van der Waals surface area contributed by atoms with Crippen LogP contribution in [0, 0.1) is 5.92 Å². The number of ether oxygens (including phenoxy) is 2. The fraction of sp³-hybridized carbons (Fsp3) is 0.421. The van der Waals surface area contributed by atoms with Crippen molar-refractivity contribution >= 4 is 12.4 Å².